The summed E-state index contributed by atoms with van der Waals surface area (Å²) in [6.07, 6.45) is -6.10. The van der Waals surface area contributed by atoms with Gasteiger partial charge in [-0.1, -0.05) is 24.3 Å². The number of likely N-dealkylation sites (tertiary alicyclic amines) is 1. The van der Waals surface area contributed by atoms with Gasteiger partial charge in [0, 0.05) is 40.0 Å². The first-order valence-electron chi connectivity index (χ1n) is 12.4. The standard InChI is InChI=1S/C28H31F4N3O2S/c1-19-9-10-20(17-33-19)26(2,3)35-16-15-27(18-35,14-13-22-11-12-23(29)38-22)24(28(30,31)32)37-25(36)34-21-7-5-4-6-8-21/h4-12,17,24H,13-16,18H2,1-3H3,(H,34,36)/t24-,27?/m1/s1. The average Bonchev–Trinajstić information content (AvgIpc) is 3.49. The molecule has 0 spiro atoms. The molecule has 1 N–H and O–H groups in total. The Bertz CT molecular complexity index is 1230. The maximum absolute atomic E-state index is 14.6. The smallest absolute Gasteiger partial charge is 0.426 e. The largest absolute Gasteiger partial charge is 0.436 e. The third kappa shape index (κ3) is 6.35. The number of carbonyl (C=O) groups excluding carboxylic acids is 1. The molecule has 38 heavy (non-hydrogen) atoms. The number of benzene rings is 1. The monoisotopic (exact) mass is 549 g/mol. The van der Waals surface area contributed by atoms with Crippen LogP contribution in [-0.2, 0) is 16.7 Å². The molecule has 10 heteroatoms. The van der Waals surface area contributed by atoms with Crippen molar-refractivity contribution >= 4 is 23.1 Å². The molecule has 4 rings (SSSR count). The molecule has 204 valence electrons. The van der Waals surface area contributed by atoms with E-state index in [1.54, 1.807) is 42.6 Å². The third-order valence-electron chi connectivity index (χ3n) is 7.39. The predicted octanol–water partition coefficient (Wildman–Crippen LogP) is 7.33. The van der Waals surface area contributed by atoms with Crippen molar-refractivity contribution in [3.8, 4) is 0 Å². The van der Waals surface area contributed by atoms with Crippen molar-refractivity contribution in [1.29, 1.82) is 0 Å². The number of hydrogen-bond acceptors (Lipinski definition) is 5. The van der Waals surface area contributed by atoms with Crippen LogP contribution in [0.2, 0.25) is 0 Å². The van der Waals surface area contributed by atoms with Crippen molar-refractivity contribution in [2.45, 2.75) is 57.9 Å². The third-order valence-corrected chi connectivity index (χ3v) is 8.32. The van der Waals surface area contributed by atoms with Gasteiger partial charge in [-0.05, 0) is 82.5 Å². The zero-order chi connectivity index (χ0) is 27.6. The van der Waals surface area contributed by atoms with E-state index in [1.165, 1.54) is 6.07 Å². The summed E-state index contributed by atoms with van der Waals surface area (Å²) in [5.74, 6) is 0. The number of thiophene rings is 1. The van der Waals surface area contributed by atoms with Crippen molar-refractivity contribution in [2.75, 3.05) is 18.4 Å². The molecule has 2 aromatic heterocycles. The van der Waals surface area contributed by atoms with Crippen LogP contribution in [0, 0.1) is 17.5 Å². The Balaban J connectivity index is 1.63. The first kappa shape index (κ1) is 28.0. The molecule has 0 radical (unpaired) electrons. The van der Waals surface area contributed by atoms with Gasteiger partial charge in [-0.2, -0.15) is 17.6 Å². The molecule has 1 amide bonds. The van der Waals surface area contributed by atoms with E-state index in [0.717, 1.165) is 22.6 Å². The average molecular weight is 550 g/mol. The second-order valence-corrected chi connectivity index (χ2v) is 11.4. The minimum Gasteiger partial charge on any atom is -0.436 e. The molecule has 1 unspecified atom stereocenters. The van der Waals surface area contributed by atoms with Crippen molar-refractivity contribution in [3.63, 3.8) is 0 Å². The van der Waals surface area contributed by atoms with Gasteiger partial charge in [0.05, 0.1) is 0 Å². The number of anilines is 1. The van der Waals surface area contributed by atoms with E-state index in [0.29, 0.717) is 17.1 Å². The highest BCUT2D eigenvalue weighted by Crippen LogP contribution is 2.49. The molecular weight excluding hydrogens is 518 g/mol. The number of amides is 1. The molecule has 3 heterocycles. The number of hydrogen-bond donors (Lipinski definition) is 1. The summed E-state index contributed by atoms with van der Waals surface area (Å²) in [6, 6.07) is 14.9. The number of aryl methyl sites for hydroxylation is 2. The van der Waals surface area contributed by atoms with Crippen LogP contribution >= 0.6 is 11.3 Å². The Morgan fingerprint density at radius 3 is 2.50 bits per heavy atom. The second kappa shape index (κ2) is 11.0. The quantitative estimate of drug-likeness (QED) is 0.299. The Hall–Kier alpha value is -2.98. The Morgan fingerprint density at radius 1 is 1.16 bits per heavy atom. The SMILES string of the molecule is Cc1ccc(C(C)(C)N2CCC(CCc3ccc(F)s3)([C@@H](OC(=O)Nc3ccccc3)C(F)(F)F)C2)cn1. The minimum absolute atomic E-state index is 0.0462. The lowest BCUT2D eigenvalue weighted by atomic mass is 9.76. The first-order chi connectivity index (χ1) is 17.9. The highest BCUT2D eigenvalue weighted by atomic mass is 32.1. The number of alkyl halides is 3. The van der Waals surface area contributed by atoms with Crippen LogP contribution in [0.25, 0.3) is 0 Å². The molecule has 3 aromatic rings. The molecule has 1 fully saturated rings. The zero-order valence-corrected chi connectivity index (χ0v) is 22.3. The van der Waals surface area contributed by atoms with Gasteiger partial charge in [0.15, 0.2) is 5.13 Å². The lowest BCUT2D eigenvalue weighted by Crippen LogP contribution is -2.52. The number of para-hydroxylation sites is 1. The van der Waals surface area contributed by atoms with E-state index in [-0.39, 0.29) is 30.9 Å². The molecular formula is C28H31F4N3O2S. The molecule has 0 bridgehead atoms. The second-order valence-electron chi connectivity index (χ2n) is 10.3. The van der Waals surface area contributed by atoms with Gasteiger partial charge < -0.3 is 4.74 Å². The van der Waals surface area contributed by atoms with E-state index in [4.69, 9.17) is 4.74 Å². The molecule has 1 saturated heterocycles. The van der Waals surface area contributed by atoms with Gasteiger partial charge in [-0.15, -0.1) is 11.3 Å². The number of halogens is 4. The van der Waals surface area contributed by atoms with E-state index >= 15 is 0 Å². The van der Waals surface area contributed by atoms with Crippen LogP contribution in [-0.4, -0.2) is 41.3 Å². The first-order valence-corrected chi connectivity index (χ1v) is 13.2. The van der Waals surface area contributed by atoms with Gasteiger partial charge in [0.25, 0.3) is 0 Å². The Labute approximate surface area is 223 Å². The van der Waals surface area contributed by atoms with Crippen LogP contribution in [0.4, 0.5) is 28.0 Å². The summed E-state index contributed by atoms with van der Waals surface area (Å²) in [5, 5.41) is 2.02. The van der Waals surface area contributed by atoms with Crippen molar-refractivity contribution < 1.29 is 27.1 Å². The van der Waals surface area contributed by atoms with Crippen molar-refractivity contribution in [2.24, 2.45) is 5.41 Å². The maximum atomic E-state index is 14.6. The zero-order valence-electron chi connectivity index (χ0n) is 21.5. The topological polar surface area (TPSA) is 54.5 Å². The summed E-state index contributed by atoms with van der Waals surface area (Å²) in [7, 11) is 0. The van der Waals surface area contributed by atoms with Crippen molar-refractivity contribution in [1.82, 2.24) is 9.88 Å². The van der Waals surface area contributed by atoms with E-state index in [9.17, 15) is 22.4 Å². The lowest BCUT2D eigenvalue weighted by Gasteiger charge is -2.41. The molecule has 5 nitrogen and oxygen atoms in total. The van der Waals surface area contributed by atoms with Crippen LogP contribution < -0.4 is 5.32 Å². The van der Waals surface area contributed by atoms with Crippen LogP contribution in [0.3, 0.4) is 0 Å². The molecule has 1 aromatic carbocycles. The summed E-state index contributed by atoms with van der Waals surface area (Å²) in [4.78, 5) is 19.7. The van der Waals surface area contributed by atoms with Crippen LogP contribution in [0.5, 0.6) is 0 Å². The van der Waals surface area contributed by atoms with Gasteiger partial charge >= 0.3 is 12.3 Å². The Kier molecular flexibility index (Phi) is 8.13. The van der Waals surface area contributed by atoms with Crippen molar-refractivity contribution in [3.05, 3.63) is 82.1 Å². The molecule has 0 aliphatic carbocycles. The Morgan fingerprint density at radius 2 is 1.89 bits per heavy atom. The van der Waals surface area contributed by atoms with E-state index < -0.39 is 29.3 Å². The van der Waals surface area contributed by atoms with E-state index in [1.807, 2.05) is 37.8 Å². The predicted molar refractivity (Wildman–Crippen MR) is 140 cm³/mol. The van der Waals surface area contributed by atoms with Gasteiger partial charge in [-0.3, -0.25) is 15.2 Å². The summed E-state index contributed by atoms with van der Waals surface area (Å²) in [6.45, 7) is 6.20. The van der Waals surface area contributed by atoms with Gasteiger partial charge in [-0.25, -0.2) is 4.79 Å². The highest BCUT2D eigenvalue weighted by molar-refractivity contribution is 7.10. The summed E-state index contributed by atoms with van der Waals surface area (Å²) in [5.41, 5.74) is 0.0220. The fourth-order valence-electron chi connectivity index (χ4n) is 5.11. The van der Waals surface area contributed by atoms with Crippen LogP contribution in [0.15, 0.2) is 60.8 Å². The number of pyridine rings is 1. The minimum atomic E-state index is -4.81. The van der Waals surface area contributed by atoms with Gasteiger partial charge in [0.2, 0.25) is 6.10 Å². The maximum Gasteiger partial charge on any atom is 0.426 e. The molecule has 2 atom stereocenters. The fourth-order valence-corrected chi connectivity index (χ4v) is 5.83. The molecule has 1 aliphatic rings. The normalized spacial score (nSPS) is 19.3. The number of aromatic nitrogens is 1. The molecule has 1 aliphatic heterocycles. The summed E-state index contributed by atoms with van der Waals surface area (Å²) >= 11 is 0.919. The van der Waals surface area contributed by atoms with Crippen LogP contribution in [0.1, 0.15) is 42.8 Å². The lowest BCUT2D eigenvalue weighted by molar-refractivity contribution is -0.237. The number of nitrogens with zero attached hydrogens (tertiary/aromatic N) is 2. The number of nitrogens with one attached hydrogen (secondary N) is 1. The number of rotatable bonds is 8. The summed E-state index contributed by atoms with van der Waals surface area (Å²) < 4.78 is 62.8. The number of ether oxygens (including phenoxy) is 1. The highest BCUT2D eigenvalue weighted by Gasteiger charge is 2.59. The number of carbonyl (C=O) groups is 1. The van der Waals surface area contributed by atoms with E-state index in [2.05, 4.69) is 10.3 Å². The van der Waals surface area contributed by atoms with Gasteiger partial charge in [0.1, 0.15) is 0 Å². The fraction of sp³-hybridized carbons (Fsp3) is 0.429. The molecule has 0 saturated carbocycles.